The number of esters is 2. The highest BCUT2D eigenvalue weighted by atomic mass is 16.7. The van der Waals surface area contributed by atoms with Crippen LogP contribution in [-0.4, -0.2) is 82.3 Å². The molecule has 0 aromatic carbocycles. The summed E-state index contributed by atoms with van der Waals surface area (Å²) in [6.45, 7) is 4.53. The molecule has 0 rings (SSSR count). The van der Waals surface area contributed by atoms with Gasteiger partial charge in [-0.1, -0.05) is 239 Å². The molecule has 0 aliphatic heterocycles. The van der Waals surface area contributed by atoms with Gasteiger partial charge in [-0.15, -0.1) is 0 Å². The highest BCUT2D eigenvalue weighted by molar-refractivity contribution is 5.70. The molecule has 0 aliphatic rings. The van der Waals surface area contributed by atoms with Crippen molar-refractivity contribution in [3.8, 4) is 0 Å². The zero-order valence-electron chi connectivity index (χ0n) is 48.6. The number of likely N-dealkylation sites (N-methyl/N-ethyl adjacent to an activating group) is 1. The third-order valence-electron chi connectivity index (χ3n) is 12.5. The van der Waals surface area contributed by atoms with Crippen LogP contribution in [0.5, 0.6) is 0 Å². The van der Waals surface area contributed by atoms with Crippen LogP contribution < -0.4 is 5.11 Å². The third kappa shape index (κ3) is 57.5. The monoisotopic (exact) mass is 1050 g/mol. The molecule has 0 saturated heterocycles. The summed E-state index contributed by atoms with van der Waals surface area (Å²) < 4.78 is 22.6. The van der Waals surface area contributed by atoms with E-state index in [-0.39, 0.29) is 38.6 Å². The lowest BCUT2D eigenvalue weighted by Gasteiger charge is -2.26. The van der Waals surface area contributed by atoms with E-state index in [2.05, 4.69) is 111 Å². The number of carboxylic acids is 1. The fraction of sp³-hybridized carbons (Fsp3) is 0.682. The molecule has 9 heteroatoms. The van der Waals surface area contributed by atoms with Crippen LogP contribution in [0, 0.1) is 0 Å². The van der Waals surface area contributed by atoms with Gasteiger partial charge in [-0.3, -0.25) is 9.59 Å². The van der Waals surface area contributed by atoms with Crippen molar-refractivity contribution in [1.82, 2.24) is 0 Å². The molecule has 0 aromatic rings. The number of carbonyl (C=O) groups is 3. The normalized spacial score (nSPS) is 13.6. The molecule has 2 unspecified atom stereocenters. The summed E-state index contributed by atoms with van der Waals surface area (Å²) in [5, 5.41) is 11.8. The molecule has 0 saturated carbocycles. The zero-order chi connectivity index (χ0) is 54.8. The minimum Gasteiger partial charge on any atom is -0.545 e. The maximum Gasteiger partial charge on any atom is 0.306 e. The Morgan fingerprint density at radius 2 is 0.787 bits per heavy atom. The van der Waals surface area contributed by atoms with Gasteiger partial charge >= 0.3 is 11.9 Å². The van der Waals surface area contributed by atoms with Gasteiger partial charge in [0.2, 0.25) is 0 Å². The molecule has 0 bridgehead atoms. The number of hydrogen-bond acceptors (Lipinski definition) is 8. The van der Waals surface area contributed by atoms with Crippen molar-refractivity contribution in [2.24, 2.45) is 0 Å². The molecule has 0 N–H and O–H groups in total. The van der Waals surface area contributed by atoms with Crippen molar-refractivity contribution in [2.75, 3.05) is 47.5 Å². The van der Waals surface area contributed by atoms with Crippen LogP contribution in [0.4, 0.5) is 0 Å². The maximum absolute atomic E-state index is 12.8. The minimum absolute atomic E-state index is 0.118. The van der Waals surface area contributed by atoms with Crippen molar-refractivity contribution in [1.29, 1.82) is 0 Å². The first-order chi connectivity index (χ1) is 36.6. The van der Waals surface area contributed by atoms with E-state index in [9.17, 15) is 19.5 Å². The number of carboxylic acid groups (broad SMARTS) is 1. The Kier molecular flexibility index (Phi) is 53.1. The van der Waals surface area contributed by atoms with Gasteiger partial charge in [0.1, 0.15) is 13.2 Å². The molecule has 428 valence electrons. The van der Waals surface area contributed by atoms with E-state index in [1.165, 1.54) is 128 Å². The van der Waals surface area contributed by atoms with Gasteiger partial charge in [0.25, 0.3) is 0 Å². The first kappa shape index (κ1) is 71.0. The Balaban J connectivity index is 4.24. The van der Waals surface area contributed by atoms with Gasteiger partial charge in [-0.2, -0.15) is 0 Å². The number of ether oxygens (including phenoxy) is 4. The summed E-state index contributed by atoms with van der Waals surface area (Å²) in [5.74, 6) is -2.40. The minimum atomic E-state index is -1.65. The highest BCUT2D eigenvalue weighted by Gasteiger charge is 2.21. The van der Waals surface area contributed by atoms with Crippen LogP contribution in [0.2, 0.25) is 0 Å². The fourth-order valence-electron chi connectivity index (χ4n) is 7.92. The number of unbranched alkanes of at least 4 members (excludes halogenated alkanes) is 21. The average Bonchev–Trinajstić information content (AvgIpc) is 3.38. The predicted molar refractivity (Wildman–Crippen MR) is 315 cm³/mol. The van der Waals surface area contributed by atoms with Gasteiger partial charge in [0.05, 0.1) is 40.3 Å². The number of hydrogen-bond donors (Lipinski definition) is 0. The number of aliphatic carboxylic acids is 1. The summed E-state index contributed by atoms with van der Waals surface area (Å²) in [6.07, 6.45) is 74.5. The third-order valence-corrected chi connectivity index (χ3v) is 12.5. The van der Waals surface area contributed by atoms with Crippen LogP contribution >= 0.6 is 0 Å². The zero-order valence-corrected chi connectivity index (χ0v) is 48.6. The fourth-order valence-corrected chi connectivity index (χ4v) is 7.92. The number of rotatable bonds is 54. The van der Waals surface area contributed by atoms with E-state index in [0.717, 1.165) is 70.6 Å². The Hall–Kier alpha value is -4.05. The van der Waals surface area contributed by atoms with Crippen LogP contribution in [0.25, 0.3) is 0 Å². The van der Waals surface area contributed by atoms with Crippen molar-refractivity contribution < 1.29 is 42.9 Å². The van der Waals surface area contributed by atoms with Crippen molar-refractivity contribution >= 4 is 17.9 Å². The maximum atomic E-state index is 12.8. The van der Waals surface area contributed by atoms with Crippen LogP contribution in [-0.2, 0) is 33.3 Å². The number of quaternary nitrogens is 1. The Bertz CT molecular complexity index is 1590. The molecule has 0 aromatic heterocycles. The van der Waals surface area contributed by atoms with Crippen molar-refractivity contribution in [3.05, 3.63) is 109 Å². The van der Waals surface area contributed by atoms with Gasteiger partial charge in [-0.05, 0) is 89.9 Å². The Morgan fingerprint density at radius 1 is 0.413 bits per heavy atom. The smallest absolute Gasteiger partial charge is 0.306 e. The van der Waals surface area contributed by atoms with Gasteiger partial charge in [0, 0.05) is 12.8 Å². The van der Waals surface area contributed by atoms with Gasteiger partial charge in [0.15, 0.2) is 12.4 Å². The second kappa shape index (κ2) is 56.2. The summed E-state index contributed by atoms with van der Waals surface area (Å²) >= 11 is 0. The molecule has 0 aliphatic carbocycles. The van der Waals surface area contributed by atoms with E-state index >= 15 is 0 Å². The average molecular weight is 1050 g/mol. The molecule has 0 amide bonds. The van der Waals surface area contributed by atoms with E-state index in [4.69, 9.17) is 18.9 Å². The van der Waals surface area contributed by atoms with Crippen molar-refractivity contribution in [3.63, 3.8) is 0 Å². The standard InChI is InChI=1S/C66H111NO8/c1-6-8-10-12-14-16-18-20-22-24-26-27-28-29-30-31-32-33-34-35-36-37-39-40-42-44-46-48-50-52-54-56-63(68)73-60-62(61-74-66(65(70)71)72-59-58-67(3,4)5)75-64(69)57-55-53-51-49-47-45-43-41-38-25-23-21-19-17-15-13-11-9-7-2/h9,11,15,17-18,20-21,23-24,26,28-29,38,41,45,47,51,53,62,66H,6-8,10,12-14,16,19,22,25,27,30-37,39-40,42-44,46,48-50,52,54-61H2,1-5H3/b11-9-,17-15-,20-18-,23-21-,26-24-,29-28-,41-38-,47-45-,53-51-. The number of carbonyl (C=O) groups excluding carboxylic acids is 3. The van der Waals surface area contributed by atoms with Gasteiger partial charge < -0.3 is 33.3 Å². The summed E-state index contributed by atoms with van der Waals surface area (Å²) in [6, 6.07) is 0. The summed E-state index contributed by atoms with van der Waals surface area (Å²) in [4.78, 5) is 37.3. The lowest BCUT2D eigenvalue weighted by atomic mass is 10.0. The van der Waals surface area contributed by atoms with E-state index < -0.39 is 24.3 Å². The molecule has 0 spiro atoms. The second-order valence-corrected chi connectivity index (χ2v) is 20.9. The Labute approximate surface area is 460 Å². The van der Waals surface area contributed by atoms with Crippen LogP contribution in [0.3, 0.4) is 0 Å². The van der Waals surface area contributed by atoms with E-state index in [1.807, 2.05) is 33.3 Å². The first-order valence-electron chi connectivity index (χ1n) is 30.0. The predicted octanol–water partition coefficient (Wildman–Crippen LogP) is 16.6. The molecule has 9 nitrogen and oxygen atoms in total. The topological polar surface area (TPSA) is 111 Å². The lowest BCUT2D eigenvalue weighted by Crippen LogP contribution is -2.44. The molecular formula is C66H111NO8. The molecule has 0 fully saturated rings. The van der Waals surface area contributed by atoms with Crippen LogP contribution in [0.1, 0.15) is 232 Å². The van der Waals surface area contributed by atoms with E-state index in [0.29, 0.717) is 17.4 Å². The highest BCUT2D eigenvalue weighted by Crippen LogP contribution is 2.15. The molecule has 0 heterocycles. The van der Waals surface area contributed by atoms with Crippen LogP contribution in [0.15, 0.2) is 109 Å². The Morgan fingerprint density at radius 3 is 1.19 bits per heavy atom. The largest absolute Gasteiger partial charge is 0.545 e. The number of allylic oxidation sites excluding steroid dienone is 18. The number of nitrogens with zero attached hydrogens (tertiary/aromatic N) is 1. The molecule has 0 radical (unpaired) electrons. The molecular weight excluding hydrogens is 935 g/mol. The molecule has 75 heavy (non-hydrogen) atoms. The molecule has 2 atom stereocenters. The van der Waals surface area contributed by atoms with E-state index in [1.54, 1.807) is 0 Å². The summed E-state index contributed by atoms with van der Waals surface area (Å²) in [5.41, 5.74) is 0. The summed E-state index contributed by atoms with van der Waals surface area (Å²) in [7, 11) is 5.89. The second-order valence-electron chi connectivity index (χ2n) is 20.9. The van der Waals surface area contributed by atoms with Crippen molar-refractivity contribution in [2.45, 2.75) is 245 Å². The quantitative estimate of drug-likeness (QED) is 0.0195. The van der Waals surface area contributed by atoms with Gasteiger partial charge in [-0.25, -0.2) is 0 Å². The lowest BCUT2D eigenvalue weighted by molar-refractivity contribution is -0.870. The SMILES string of the molecule is CC/C=C\C/C=C\C/C=C\C/C=C\C/C=C\C/C=C\CCC(=O)OC(COC(=O)CCCCCCCCCCCCCCCCCC/C=C\C/C=C\C/C=C\CCCCCCC)COC(OCC[N+](C)(C)C)C(=O)[O-]. The first-order valence-corrected chi connectivity index (χ1v) is 30.0.